The number of likely N-dealkylation sites (tertiary alicyclic amines) is 1. The summed E-state index contributed by atoms with van der Waals surface area (Å²) in [7, 11) is -2.36. The van der Waals surface area contributed by atoms with Crippen LogP contribution in [0.25, 0.3) is 11.0 Å². The molecule has 1 aliphatic heterocycles. The Morgan fingerprint density at radius 2 is 1.76 bits per heavy atom. The Morgan fingerprint density at radius 1 is 1.06 bits per heavy atom. The molecule has 182 valence electrons. The lowest BCUT2D eigenvalue weighted by Gasteiger charge is -2.19. The minimum absolute atomic E-state index is 0.0865. The van der Waals surface area contributed by atoms with E-state index in [1.165, 1.54) is 0 Å². The summed E-state index contributed by atoms with van der Waals surface area (Å²) in [4.78, 5) is 15.2. The molecule has 3 aromatic rings. The van der Waals surface area contributed by atoms with Crippen LogP contribution in [0, 0.1) is 20.8 Å². The van der Waals surface area contributed by atoms with Crippen LogP contribution in [0.15, 0.2) is 39.6 Å². The molecule has 2 heterocycles. The zero-order chi connectivity index (χ0) is 24.5. The number of carbonyl (C=O) groups is 1. The van der Waals surface area contributed by atoms with Gasteiger partial charge in [0.2, 0.25) is 10.0 Å². The molecule has 0 bridgehead atoms. The van der Waals surface area contributed by atoms with Crippen LogP contribution in [-0.2, 0) is 16.6 Å². The van der Waals surface area contributed by atoms with E-state index in [1.807, 2.05) is 36.9 Å². The van der Waals surface area contributed by atoms with Crippen LogP contribution in [-0.4, -0.2) is 39.4 Å². The van der Waals surface area contributed by atoms with Gasteiger partial charge < -0.3 is 14.1 Å². The van der Waals surface area contributed by atoms with Gasteiger partial charge in [0.05, 0.1) is 7.11 Å². The van der Waals surface area contributed by atoms with Gasteiger partial charge in [0.1, 0.15) is 10.6 Å². The average Bonchev–Trinajstić information content (AvgIpc) is 2.99. The van der Waals surface area contributed by atoms with E-state index in [1.54, 1.807) is 26.2 Å². The number of furan rings is 1. The summed E-state index contributed by atoms with van der Waals surface area (Å²) in [6, 6.07) is 9.15. The van der Waals surface area contributed by atoms with Crippen molar-refractivity contribution in [2.45, 2.75) is 57.9 Å². The Labute approximate surface area is 201 Å². The predicted molar refractivity (Wildman–Crippen MR) is 132 cm³/mol. The number of benzene rings is 2. The smallest absolute Gasteiger partial charge is 0.289 e. The Balaban J connectivity index is 1.73. The quantitative estimate of drug-likeness (QED) is 0.540. The molecule has 1 aromatic heterocycles. The summed E-state index contributed by atoms with van der Waals surface area (Å²) in [5.74, 6) is 0.717. The molecule has 7 nitrogen and oxygen atoms in total. The molecule has 1 amide bonds. The van der Waals surface area contributed by atoms with E-state index in [2.05, 4.69) is 4.72 Å². The highest BCUT2D eigenvalue weighted by Gasteiger charge is 2.29. The maximum atomic E-state index is 13.5. The van der Waals surface area contributed by atoms with Gasteiger partial charge in [-0.1, -0.05) is 25.0 Å². The van der Waals surface area contributed by atoms with Crippen molar-refractivity contribution in [2.24, 2.45) is 0 Å². The van der Waals surface area contributed by atoms with E-state index in [9.17, 15) is 13.2 Å². The first-order valence-electron chi connectivity index (χ1n) is 11.7. The largest absolute Gasteiger partial charge is 0.497 e. The minimum Gasteiger partial charge on any atom is -0.497 e. The van der Waals surface area contributed by atoms with Crippen LogP contribution in [0.2, 0.25) is 0 Å². The first-order valence-corrected chi connectivity index (χ1v) is 13.2. The van der Waals surface area contributed by atoms with Gasteiger partial charge >= 0.3 is 0 Å². The number of nitrogens with one attached hydrogen (secondary N) is 1. The number of sulfonamides is 1. The number of nitrogens with zero attached hydrogens (tertiary/aromatic N) is 1. The van der Waals surface area contributed by atoms with Crippen molar-refractivity contribution < 1.29 is 22.4 Å². The molecule has 0 spiro atoms. The molecule has 0 unspecified atom stereocenters. The second-order valence-electron chi connectivity index (χ2n) is 8.96. The lowest BCUT2D eigenvalue weighted by Crippen LogP contribution is -2.31. The molecule has 0 aliphatic carbocycles. The zero-order valence-electron chi connectivity index (χ0n) is 20.2. The van der Waals surface area contributed by atoms with Gasteiger partial charge in [0, 0.05) is 30.6 Å². The Kier molecular flexibility index (Phi) is 7.00. The molecule has 8 heteroatoms. The summed E-state index contributed by atoms with van der Waals surface area (Å²) in [5, 5.41) is 0.656. The molecule has 1 saturated heterocycles. The van der Waals surface area contributed by atoms with Crippen molar-refractivity contribution in [1.82, 2.24) is 9.62 Å². The maximum absolute atomic E-state index is 13.5. The third-order valence-corrected chi connectivity index (χ3v) is 8.20. The fourth-order valence-corrected chi connectivity index (χ4v) is 5.98. The van der Waals surface area contributed by atoms with E-state index in [0.29, 0.717) is 35.4 Å². The summed E-state index contributed by atoms with van der Waals surface area (Å²) in [6.07, 6.45) is 4.17. The number of aryl methyl sites for hydroxylation is 2. The molecule has 1 aliphatic rings. The molecule has 1 fully saturated rings. The molecule has 0 atom stereocenters. The van der Waals surface area contributed by atoms with Crippen LogP contribution in [0.1, 0.15) is 58.5 Å². The Morgan fingerprint density at radius 3 is 2.44 bits per heavy atom. The van der Waals surface area contributed by atoms with Gasteiger partial charge in [-0.25, -0.2) is 13.1 Å². The number of carbonyl (C=O) groups excluding carboxylic acids is 1. The van der Waals surface area contributed by atoms with Gasteiger partial charge in [-0.15, -0.1) is 0 Å². The number of fused-ring (bicyclic) bond motifs is 1. The Bertz CT molecular complexity index is 1320. The lowest BCUT2D eigenvalue weighted by atomic mass is 10.0. The van der Waals surface area contributed by atoms with Gasteiger partial charge in [-0.05, 0) is 68.5 Å². The van der Waals surface area contributed by atoms with E-state index < -0.39 is 10.0 Å². The van der Waals surface area contributed by atoms with E-state index in [-0.39, 0.29) is 28.7 Å². The molecule has 1 N–H and O–H groups in total. The number of amides is 1. The number of rotatable bonds is 6. The molecule has 2 aromatic carbocycles. The standard InChI is InChI=1S/C26H32N2O5S/c1-17-14-22-19(3)23(26(29)28-12-7-5-6-8-13-28)33-24(22)25(18(17)2)34(30,31)27-16-20-10-9-11-21(15-20)32-4/h9-11,14-15,27H,5-8,12-13,16H2,1-4H3. The van der Waals surface area contributed by atoms with E-state index in [0.717, 1.165) is 36.8 Å². The second-order valence-corrected chi connectivity index (χ2v) is 10.7. The fourth-order valence-electron chi connectivity index (χ4n) is 4.52. The van der Waals surface area contributed by atoms with Crippen molar-refractivity contribution in [1.29, 1.82) is 0 Å². The third kappa shape index (κ3) is 4.70. The normalized spacial score (nSPS) is 14.9. The lowest BCUT2D eigenvalue weighted by molar-refractivity contribution is 0.0731. The van der Waals surface area contributed by atoms with Crippen molar-refractivity contribution in [3.63, 3.8) is 0 Å². The first-order chi connectivity index (χ1) is 16.2. The van der Waals surface area contributed by atoms with Crippen molar-refractivity contribution in [3.8, 4) is 5.75 Å². The molecular formula is C26H32N2O5S. The zero-order valence-corrected chi connectivity index (χ0v) is 21.0. The van der Waals surface area contributed by atoms with Crippen molar-refractivity contribution in [2.75, 3.05) is 20.2 Å². The topological polar surface area (TPSA) is 88.8 Å². The van der Waals surface area contributed by atoms with Crippen LogP contribution in [0.3, 0.4) is 0 Å². The maximum Gasteiger partial charge on any atom is 0.289 e. The second kappa shape index (κ2) is 9.80. The SMILES string of the molecule is COc1cccc(CNS(=O)(=O)c2c(C)c(C)cc3c(C)c(C(=O)N4CCCCCC4)oc23)c1. The summed E-state index contributed by atoms with van der Waals surface area (Å²) >= 11 is 0. The average molecular weight is 485 g/mol. The number of hydrogen-bond donors (Lipinski definition) is 1. The van der Waals surface area contributed by atoms with Gasteiger partial charge in [-0.3, -0.25) is 4.79 Å². The highest BCUT2D eigenvalue weighted by Crippen LogP contribution is 2.35. The highest BCUT2D eigenvalue weighted by molar-refractivity contribution is 7.89. The summed E-state index contributed by atoms with van der Waals surface area (Å²) in [6.45, 7) is 6.96. The van der Waals surface area contributed by atoms with E-state index >= 15 is 0 Å². The van der Waals surface area contributed by atoms with Crippen LogP contribution in [0.5, 0.6) is 5.75 Å². The minimum atomic E-state index is -3.93. The molecule has 0 radical (unpaired) electrons. The van der Waals surface area contributed by atoms with Gasteiger partial charge in [0.25, 0.3) is 5.91 Å². The van der Waals surface area contributed by atoms with Crippen LogP contribution < -0.4 is 9.46 Å². The van der Waals surface area contributed by atoms with Crippen LogP contribution >= 0.6 is 0 Å². The molecule has 4 rings (SSSR count). The monoisotopic (exact) mass is 484 g/mol. The number of ether oxygens (including phenoxy) is 1. The summed E-state index contributed by atoms with van der Waals surface area (Å²) < 4.78 is 41.0. The fraction of sp³-hybridized carbons (Fsp3) is 0.423. The molecule has 34 heavy (non-hydrogen) atoms. The number of hydrogen-bond acceptors (Lipinski definition) is 5. The van der Waals surface area contributed by atoms with Crippen molar-refractivity contribution >= 4 is 26.9 Å². The molecule has 0 saturated carbocycles. The van der Waals surface area contributed by atoms with E-state index in [4.69, 9.17) is 9.15 Å². The number of methoxy groups -OCH3 is 1. The van der Waals surface area contributed by atoms with Gasteiger partial charge in [0.15, 0.2) is 11.3 Å². The predicted octanol–water partition coefficient (Wildman–Crippen LogP) is 4.86. The first kappa shape index (κ1) is 24.3. The Hall–Kier alpha value is -2.84. The van der Waals surface area contributed by atoms with Crippen molar-refractivity contribution in [3.05, 3.63) is 58.3 Å². The third-order valence-electron chi connectivity index (χ3n) is 6.65. The van der Waals surface area contributed by atoms with Gasteiger partial charge in [-0.2, -0.15) is 0 Å². The highest BCUT2D eigenvalue weighted by atomic mass is 32.2. The molecular weight excluding hydrogens is 452 g/mol. The van der Waals surface area contributed by atoms with Crippen LogP contribution in [0.4, 0.5) is 0 Å². The summed E-state index contributed by atoms with van der Waals surface area (Å²) in [5.41, 5.74) is 3.12.